The monoisotopic (exact) mass is 293 g/mol. The zero-order valence-electron chi connectivity index (χ0n) is 13.2. The summed E-state index contributed by atoms with van der Waals surface area (Å²) >= 11 is 0. The Kier molecular flexibility index (Phi) is 8.79. The highest BCUT2D eigenvalue weighted by atomic mass is 16.5. The number of hydrogen-bond donors (Lipinski definition) is 0. The third-order valence-electron chi connectivity index (χ3n) is 2.81. The molecule has 0 aliphatic rings. The van der Waals surface area contributed by atoms with Crippen LogP contribution in [0.25, 0.3) is 5.57 Å². The fourth-order valence-corrected chi connectivity index (χ4v) is 1.78. The van der Waals surface area contributed by atoms with E-state index in [-0.39, 0.29) is 0 Å². The fraction of sp³-hybridized carbons (Fsp3) is 0.150. The second-order valence-electron chi connectivity index (χ2n) is 4.54. The lowest BCUT2D eigenvalue weighted by molar-refractivity contribution is -0.607. The first-order valence-corrected chi connectivity index (χ1v) is 7.42. The van der Waals surface area contributed by atoms with Crippen LogP contribution in [0.1, 0.15) is 26.0 Å². The highest BCUT2D eigenvalue weighted by Crippen LogP contribution is 2.11. The van der Waals surface area contributed by atoms with Gasteiger partial charge in [0.05, 0.1) is 0 Å². The summed E-state index contributed by atoms with van der Waals surface area (Å²) in [5.41, 5.74) is 1.54. The van der Waals surface area contributed by atoms with Crippen LogP contribution in [0.3, 0.4) is 0 Å². The van der Waals surface area contributed by atoms with E-state index in [1.165, 1.54) is 6.20 Å². The van der Waals surface area contributed by atoms with Gasteiger partial charge in [0.2, 0.25) is 5.69 Å². The lowest BCUT2D eigenvalue weighted by atomic mass is 10.1. The van der Waals surface area contributed by atoms with E-state index in [1.807, 2.05) is 80.7 Å². The van der Waals surface area contributed by atoms with E-state index in [9.17, 15) is 5.21 Å². The van der Waals surface area contributed by atoms with Gasteiger partial charge in [-0.25, -0.2) is 0 Å². The van der Waals surface area contributed by atoms with Crippen LogP contribution in [0.15, 0.2) is 91.2 Å². The molecule has 0 spiro atoms. The number of aromatic nitrogens is 1. The van der Waals surface area contributed by atoms with Gasteiger partial charge in [-0.2, -0.15) is 4.73 Å². The van der Waals surface area contributed by atoms with Crippen LogP contribution >= 0.6 is 0 Å². The van der Waals surface area contributed by atoms with Gasteiger partial charge in [-0.05, 0) is 32.4 Å². The third kappa shape index (κ3) is 6.71. The molecule has 0 saturated heterocycles. The fourth-order valence-electron chi connectivity index (χ4n) is 1.78. The molecular weight excluding hydrogens is 270 g/mol. The van der Waals surface area contributed by atoms with Crippen molar-refractivity contribution < 1.29 is 4.73 Å². The predicted molar refractivity (Wildman–Crippen MR) is 95.0 cm³/mol. The van der Waals surface area contributed by atoms with Crippen molar-refractivity contribution in [1.29, 1.82) is 0 Å². The van der Waals surface area contributed by atoms with Crippen LogP contribution in [-0.2, 0) is 0 Å². The smallest absolute Gasteiger partial charge is 0.223 e. The summed E-state index contributed by atoms with van der Waals surface area (Å²) in [6.45, 7) is 3.93. The molecule has 0 fully saturated rings. The first-order valence-electron chi connectivity index (χ1n) is 7.42. The van der Waals surface area contributed by atoms with E-state index in [0.717, 1.165) is 16.7 Å². The number of nitrogens with zero attached hydrogens (tertiary/aromatic N) is 1. The SMILES string of the molecule is C/C=C/C=C/C=C/C/C=C/C=C(/C=C/C)c1cccc[n+]1[O-]. The van der Waals surface area contributed by atoms with Crippen molar-refractivity contribution in [1.82, 2.24) is 0 Å². The molecule has 0 unspecified atom stereocenters. The second-order valence-corrected chi connectivity index (χ2v) is 4.54. The number of pyridine rings is 1. The molecule has 1 rings (SSSR count). The zero-order valence-corrected chi connectivity index (χ0v) is 13.2. The number of hydrogen-bond acceptors (Lipinski definition) is 1. The van der Waals surface area contributed by atoms with E-state index in [1.54, 1.807) is 6.07 Å². The summed E-state index contributed by atoms with van der Waals surface area (Å²) in [5, 5.41) is 11.8. The van der Waals surface area contributed by atoms with E-state index in [0.29, 0.717) is 5.69 Å². The summed E-state index contributed by atoms with van der Waals surface area (Å²) < 4.78 is 0.881. The molecule has 2 nitrogen and oxygen atoms in total. The summed E-state index contributed by atoms with van der Waals surface area (Å²) in [6, 6.07) is 5.41. The van der Waals surface area contributed by atoms with Gasteiger partial charge in [-0.3, -0.25) is 0 Å². The van der Waals surface area contributed by atoms with Crippen molar-refractivity contribution in [2.24, 2.45) is 0 Å². The molecule has 0 radical (unpaired) electrons. The van der Waals surface area contributed by atoms with Crippen molar-refractivity contribution >= 4 is 5.57 Å². The largest absolute Gasteiger partial charge is 0.618 e. The summed E-state index contributed by atoms with van der Waals surface area (Å²) in [4.78, 5) is 0. The average molecular weight is 293 g/mol. The van der Waals surface area contributed by atoms with Gasteiger partial charge in [0.15, 0.2) is 6.20 Å². The van der Waals surface area contributed by atoms with Gasteiger partial charge in [0.25, 0.3) is 0 Å². The molecule has 0 bridgehead atoms. The molecule has 0 aromatic carbocycles. The Bertz CT molecular complexity index is 616. The molecule has 2 heteroatoms. The molecule has 0 aliphatic heterocycles. The highest BCUT2D eigenvalue weighted by Gasteiger charge is 2.06. The molecule has 0 atom stereocenters. The Morgan fingerprint density at radius 2 is 1.77 bits per heavy atom. The van der Waals surface area contributed by atoms with Crippen molar-refractivity contribution in [3.63, 3.8) is 0 Å². The summed E-state index contributed by atoms with van der Waals surface area (Å²) in [7, 11) is 0. The molecular formula is C20H23NO. The number of rotatable bonds is 7. The average Bonchev–Trinajstić information content (AvgIpc) is 2.53. The summed E-state index contributed by atoms with van der Waals surface area (Å²) in [5.74, 6) is 0. The Morgan fingerprint density at radius 1 is 1.00 bits per heavy atom. The second kappa shape index (κ2) is 11.1. The van der Waals surface area contributed by atoms with Crippen molar-refractivity contribution in [3.05, 3.63) is 102 Å². The normalized spacial score (nSPS) is 13.6. The summed E-state index contributed by atoms with van der Waals surface area (Å²) in [6.07, 6.45) is 24.3. The van der Waals surface area contributed by atoms with Gasteiger partial charge in [0, 0.05) is 17.7 Å². The maximum Gasteiger partial charge on any atom is 0.223 e. The molecule has 22 heavy (non-hydrogen) atoms. The van der Waals surface area contributed by atoms with Crippen LogP contribution < -0.4 is 4.73 Å². The van der Waals surface area contributed by atoms with Crippen LogP contribution in [0.5, 0.6) is 0 Å². The van der Waals surface area contributed by atoms with Crippen LogP contribution in [0.2, 0.25) is 0 Å². The van der Waals surface area contributed by atoms with Crippen molar-refractivity contribution in [2.75, 3.05) is 0 Å². The minimum Gasteiger partial charge on any atom is -0.618 e. The van der Waals surface area contributed by atoms with Gasteiger partial charge >= 0.3 is 0 Å². The minimum atomic E-state index is 0.648. The van der Waals surface area contributed by atoms with Crippen LogP contribution in [0.4, 0.5) is 0 Å². The van der Waals surface area contributed by atoms with Crippen molar-refractivity contribution in [3.8, 4) is 0 Å². The molecule has 0 aliphatic carbocycles. The lowest BCUT2D eigenvalue weighted by Gasteiger charge is -2.03. The first-order chi connectivity index (χ1) is 10.8. The van der Waals surface area contributed by atoms with Crippen molar-refractivity contribution in [2.45, 2.75) is 20.3 Å². The first kappa shape index (κ1) is 17.4. The van der Waals surface area contributed by atoms with Gasteiger partial charge in [0.1, 0.15) is 0 Å². The van der Waals surface area contributed by atoms with E-state index >= 15 is 0 Å². The number of allylic oxidation sites excluding steroid dienone is 12. The Labute approximate surface area is 133 Å². The molecule has 1 aromatic rings. The topological polar surface area (TPSA) is 26.9 Å². The minimum absolute atomic E-state index is 0.648. The molecule has 0 N–H and O–H groups in total. The maximum absolute atomic E-state index is 11.8. The van der Waals surface area contributed by atoms with E-state index in [4.69, 9.17) is 0 Å². The van der Waals surface area contributed by atoms with Crippen LogP contribution in [-0.4, -0.2) is 0 Å². The van der Waals surface area contributed by atoms with Gasteiger partial charge in [-0.15, -0.1) is 0 Å². The van der Waals surface area contributed by atoms with Gasteiger partial charge in [-0.1, -0.05) is 60.8 Å². The molecule has 0 amide bonds. The molecule has 1 aromatic heterocycles. The standard InChI is InChI=1S/C20H23NO/c1-3-5-6-7-8-9-10-11-12-16-19(15-4-2)20-17-13-14-18-21(20)22/h3-9,11-18H,10H2,1-2H3/b5-3+,7-6+,9-8+,12-11+,15-4+,19-16-. The predicted octanol–water partition coefficient (Wildman–Crippen LogP) is 4.91. The van der Waals surface area contributed by atoms with E-state index in [2.05, 4.69) is 12.2 Å². The maximum atomic E-state index is 11.8. The quantitative estimate of drug-likeness (QED) is 0.398. The Balaban J connectivity index is 2.68. The highest BCUT2D eigenvalue weighted by molar-refractivity contribution is 5.71. The molecule has 1 heterocycles. The molecule has 114 valence electrons. The van der Waals surface area contributed by atoms with Crippen LogP contribution in [0, 0.1) is 5.21 Å². The Hall–Kier alpha value is -2.61. The zero-order chi connectivity index (χ0) is 16.0. The lowest BCUT2D eigenvalue weighted by Crippen LogP contribution is -2.29. The third-order valence-corrected chi connectivity index (χ3v) is 2.81. The van der Waals surface area contributed by atoms with E-state index < -0.39 is 0 Å². The molecule has 0 saturated carbocycles. The van der Waals surface area contributed by atoms with Gasteiger partial charge < -0.3 is 5.21 Å². The Morgan fingerprint density at radius 3 is 2.50 bits per heavy atom.